The molecule has 0 atom stereocenters. The highest BCUT2D eigenvalue weighted by Crippen LogP contribution is 2.11. The molecule has 1 N–H and O–H groups in total. The molecule has 114 valence electrons. The number of carbonyl (C=O) groups excluding carboxylic acids is 2. The number of nitrogens with zero attached hydrogens (tertiary/aromatic N) is 2. The van der Waals surface area contributed by atoms with Crippen LogP contribution in [0.3, 0.4) is 0 Å². The van der Waals surface area contributed by atoms with E-state index >= 15 is 0 Å². The summed E-state index contributed by atoms with van der Waals surface area (Å²) in [6.45, 7) is 5.22. The van der Waals surface area contributed by atoms with Crippen molar-refractivity contribution in [1.29, 1.82) is 0 Å². The van der Waals surface area contributed by atoms with Crippen LogP contribution in [-0.4, -0.2) is 54.8 Å². The van der Waals surface area contributed by atoms with Crippen molar-refractivity contribution in [3.8, 4) is 0 Å². The van der Waals surface area contributed by atoms with Crippen molar-refractivity contribution in [2.75, 3.05) is 38.5 Å². The van der Waals surface area contributed by atoms with Gasteiger partial charge in [0.2, 0.25) is 11.8 Å². The molecule has 0 radical (unpaired) electrons. The molecule has 0 unspecified atom stereocenters. The molecule has 1 fully saturated rings. The van der Waals surface area contributed by atoms with Gasteiger partial charge >= 0.3 is 0 Å². The van der Waals surface area contributed by atoms with Gasteiger partial charge < -0.3 is 15.1 Å². The third kappa shape index (κ3) is 4.56. The number of hydrogen-bond donors (Lipinski definition) is 1. The van der Waals surface area contributed by atoms with Crippen molar-refractivity contribution in [2.24, 2.45) is 0 Å². The van der Waals surface area contributed by atoms with Gasteiger partial charge in [0, 0.05) is 31.9 Å². The van der Waals surface area contributed by atoms with E-state index in [1.165, 1.54) is 5.56 Å². The van der Waals surface area contributed by atoms with Gasteiger partial charge in [0.15, 0.2) is 0 Å². The van der Waals surface area contributed by atoms with E-state index in [-0.39, 0.29) is 18.2 Å². The molecule has 21 heavy (non-hydrogen) atoms. The minimum atomic E-state index is -0.247. The van der Waals surface area contributed by atoms with E-state index in [2.05, 4.69) is 17.1 Å². The van der Waals surface area contributed by atoms with E-state index < -0.39 is 0 Å². The van der Waals surface area contributed by atoms with Gasteiger partial charge in [-0.15, -0.1) is 0 Å². The number of nitrogens with one attached hydrogen (secondary N) is 1. The van der Waals surface area contributed by atoms with Crippen molar-refractivity contribution < 1.29 is 9.59 Å². The van der Waals surface area contributed by atoms with Crippen LogP contribution in [0.25, 0.3) is 0 Å². The van der Waals surface area contributed by atoms with Crippen molar-refractivity contribution in [1.82, 2.24) is 9.80 Å². The van der Waals surface area contributed by atoms with Crippen LogP contribution in [0, 0.1) is 0 Å². The molecule has 5 nitrogen and oxygen atoms in total. The van der Waals surface area contributed by atoms with E-state index in [1.807, 2.05) is 31.3 Å². The summed E-state index contributed by atoms with van der Waals surface area (Å²) in [4.78, 5) is 27.9. The van der Waals surface area contributed by atoms with E-state index in [0.29, 0.717) is 13.1 Å². The SMILES string of the molecule is CCc1ccc(NC(=O)CC(=O)N2CCN(C)CC2)cc1. The quantitative estimate of drug-likeness (QED) is 0.851. The Hall–Kier alpha value is -1.88. The van der Waals surface area contributed by atoms with Gasteiger partial charge in [-0.1, -0.05) is 19.1 Å². The monoisotopic (exact) mass is 289 g/mol. The fourth-order valence-corrected chi connectivity index (χ4v) is 2.33. The van der Waals surface area contributed by atoms with Gasteiger partial charge in [-0.05, 0) is 31.2 Å². The molecule has 1 heterocycles. The van der Waals surface area contributed by atoms with E-state index in [1.54, 1.807) is 4.90 Å². The zero-order valence-corrected chi connectivity index (χ0v) is 12.8. The Bertz CT molecular complexity index is 491. The number of carbonyl (C=O) groups is 2. The standard InChI is InChI=1S/C16H23N3O2/c1-3-13-4-6-14(7-5-13)17-15(20)12-16(21)19-10-8-18(2)9-11-19/h4-7H,3,8-12H2,1-2H3,(H,17,20). The molecular weight excluding hydrogens is 266 g/mol. The second kappa shape index (κ2) is 7.22. The summed E-state index contributed by atoms with van der Waals surface area (Å²) in [5.41, 5.74) is 1.96. The average molecular weight is 289 g/mol. The molecule has 0 bridgehead atoms. The Kier molecular flexibility index (Phi) is 5.33. The third-order valence-electron chi connectivity index (χ3n) is 3.81. The number of likely N-dealkylation sites (N-methyl/N-ethyl adjacent to an activating group) is 1. The maximum absolute atomic E-state index is 12.1. The first-order valence-electron chi connectivity index (χ1n) is 7.43. The predicted octanol–water partition coefficient (Wildman–Crippen LogP) is 1.35. The van der Waals surface area contributed by atoms with Crippen molar-refractivity contribution >= 4 is 17.5 Å². The van der Waals surface area contributed by atoms with Gasteiger partial charge in [0.1, 0.15) is 6.42 Å². The molecule has 2 amide bonds. The molecule has 2 rings (SSSR count). The second-order valence-electron chi connectivity index (χ2n) is 5.46. The first kappa shape index (κ1) is 15.5. The number of benzene rings is 1. The number of rotatable bonds is 4. The Morgan fingerprint density at radius 2 is 1.71 bits per heavy atom. The van der Waals surface area contributed by atoms with E-state index in [0.717, 1.165) is 25.2 Å². The molecule has 0 aliphatic carbocycles. The second-order valence-corrected chi connectivity index (χ2v) is 5.46. The lowest BCUT2D eigenvalue weighted by Gasteiger charge is -2.32. The fraction of sp³-hybridized carbons (Fsp3) is 0.500. The van der Waals surface area contributed by atoms with Gasteiger partial charge in [0.25, 0.3) is 0 Å². The maximum atomic E-state index is 12.1. The summed E-state index contributed by atoms with van der Waals surface area (Å²) >= 11 is 0. The fourth-order valence-electron chi connectivity index (χ4n) is 2.33. The third-order valence-corrected chi connectivity index (χ3v) is 3.81. The summed E-state index contributed by atoms with van der Waals surface area (Å²) in [7, 11) is 2.04. The van der Waals surface area contributed by atoms with Gasteiger partial charge in [-0.2, -0.15) is 0 Å². The molecule has 0 spiro atoms. The lowest BCUT2D eigenvalue weighted by atomic mass is 10.1. The molecule has 1 aromatic rings. The molecular formula is C16H23N3O2. The summed E-state index contributed by atoms with van der Waals surface area (Å²) in [5, 5.41) is 2.78. The van der Waals surface area contributed by atoms with Crippen molar-refractivity contribution in [2.45, 2.75) is 19.8 Å². The zero-order valence-electron chi connectivity index (χ0n) is 12.8. The highest BCUT2D eigenvalue weighted by Gasteiger charge is 2.21. The summed E-state index contributed by atoms with van der Waals surface area (Å²) in [5.74, 6) is -0.339. The topological polar surface area (TPSA) is 52.7 Å². The molecule has 0 saturated carbocycles. The highest BCUT2D eigenvalue weighted by atomic mass is 16.2. The maximum Gasteiger partial charge on any atom is 0.233 e. The molecule has 1 aliphatic rings. The molecule has 0 aromatic heterocycles. The van der Waals surface area contributed by atoms with Gasteiger partial charge in [0.05, 0.1) is 0 Å². The predicted molar refractivity (Wildman–Crippen MR) is 83.1 cm³/mol. The number of amides is 2. The number of piperazine rings is 1. The summed E-state index contributed by atoms with van der Waals surface area (Å²) in [6, 6.07) is 7.71. The number of hydrogen-bond acceptors (Lipinski definition) is 3. The van der Waals surface area contributed by atoms with Crippen LogP contribution < -0.4 is 5.32 Å². The first-order chi connectivity index (χ1) is 10.1. The van der Waals surface area contributed by atoms with Crippen LogP contribution in [0.2, 0.25) is 0 Å². The zero-order chi connectivity index (χ0) is 15.2. The normalized spacial score (nSPS) is 15.8. The molecule has 1 aromatic carbocycles. The Morgan fingerprint density at radius 3 is 2.29 bits per heavy atom. The van der Waals surface area contributed by atoms with Crippen LogP contribution in [0.4, 0.5) is 5.69 Å². The molecule has 1 aliphatic heterocycles. The van der Waals surface area contributed by atoms with Gasteiger partial charge in [-0.3, -0.25) is 9.59 Å². The summed E-state index contributed by atoms with van der Waals surface area (Å²) < 4.78 is 0. The smallest absolute Gasteiger partial charge is 0.233 e. The number of aryl methyl sites for hydroxylation is 1. The van der Waals surface area contributed by atoms with Gasteiger partial charge in [-0.25, -0.2) is 0 Å². The van der Waals surface area contributed by atoms with Crippen molar-refractivity contribution in [3.63, 3.8) is 0 Å². The van der Waals surface area contributed by atoms with Crippen molar-refractivity contribution in [3.05, 3.63) is 29.8 Å². The van der Waals surface area contributed by atoms with E-state index in [4.69, 9.17) is 0 Å². The average Bonchev–Trinajstić information content (AvgIpc) is 2.48. The first-order valence-corrected chi connectivity index (χ1v) is 7.43. The van der Waals surface area contributed by atoms with Crippen LogP contribution in [0.5, 0.6) is 0 Å². The lowest BCUT2D eigenvalue weighted by Crippen LogP contribution is -2.47. The lowest BCUT2D eigenvalue weighted by molar-refractivity contribution is -0.135. The largest absolute Gasteiger partial charge is 0.340 e. The Morgan fingerprint density at radius 1 is 1.10 bits per heavy atom. The van der Waals surface area contributed by atoms with Crippen LogP contribution in [-0.2, 0) is 16.0 Å². The van der Waals surface area contributed by atoms with Crippen LogP contribution in [0.1, 0.15) is 18.9 Å². The molecule has 1 saturated heterocycles. The molecule has 5 heteroatoms. The van der Waals surface area contributed by atoms with E-state index in [9.17, 15) is 9.59 Å². The Labute approximate surface area is 125 Å². The highest BCUT2D eigenvalue weighted by molar-refractivity contribution is 6.03. The van der Waals surface area contributed by atoms with Crippen LogP contribution >= 0.6 is 0 Å². The minimum absolute atomic E-state index is 0.0841. The minimum Gasteiger partial charge on any atom is -0.340 e. The summed E-state index contributed by atoms with van der Waals surface area (Å²) in [6.07, 6.45) is 0.884. The number of anilines is 1. The van der Waals surface area contributed by atoms with Crippen LogP contribution in [0.15, 0.2) is 24.3 Å². The Balaban J connectivity index is 1.81.